The normalized spacial score (nSPS) is 12.6. The largest absolute Gasteiger partial charge is 0.334 e. The Labute approximate surface area is 114 Å². The Kier molecular flexibility index (Phi) is 5.56. The molecule has 0 radical (unpaired) electrons. The lowest BCUT2D eigenvalue weighted by Gasteiger charge is -2.29. The smallest absolute Gasteiger partial charge is 0.272 e. The maximum Gasteiger partial charge on any atom is 0.272 e. The fraction of sp³-hybridized carbons (Fsp3) is 0.538. The van der Waals surface area contributed by atoms with Crippen molar-refractivity contribution in [3.05, 3.63) is 29.0 Å². The summed E-state index contributed by atoms with van der Waals surface area (Å²) in [7, 11) is 3.99. The lowest BCUT2D eigenvalue weighted by molar-refractivity contribution is 0.0673. The number of amides is 1. The Morgan fingerprint density at radius 3 is 2.61 bits per heavy atom. The summed E-state index contributed by atoms with van der Waals surface area (Å²) in [5.74, 6) is -0.0747. The molecule has 0 aliphatic heterocycles. The van der Waals surface area contributed by atoms with Crippen molar-refractivity contribution in [1.82, 2.24) is 14.8 Å². The second-order valence-electron chi connectivity index (χ2n) is 4.55. The first-order chi connectivity index (χ1) is 8.45. The van der Waals surface area contributed by atoms with Crippen molar-refractivity contribution in [2.75, 3.05) is 27.2 Å². The van der Waals surface area contributed by atoms with E-state index in [0.717, 1.165) is 6.54 Å². The SMILES string of the molecule is CCN(C(=O)c1cccc(Cl)n1)C(C)CN(C)C. The van der Waals surface area contributed by atoms with Crippen molar-refractivity contribution in [3.8, 4) is 0 Å². The second-order valence-corrected chi connectivity index (χ2v) is 4.94. The molecule has 0 bridgehead atoms. The van der Waals surface area contributed by atoms with Gasteiger partial charge in [0.05, 0.1) is 0 Å². The van der Waals surface area contributed by atoms with Crippen LogP contribution >= 0.6 is 11.6 Å². The first-order valence-corrected chi connectivity index (χ1v) is 6.41. The van der Waals surface area contributed by atoms with Gasteiger partial charge < -0.3 is 9.80 Å². The average molecular weight is 270 g/mol. The molecule has 0 aromatic carbocycles. The van der Waals surface area contributed by atoms with E-state index in [4.69, 9.17) is 11.6 Å². The van der Waals surface area contributed by atoms with E-state index >= 15 is 0 Å². The molecular weight excluding hydrogens is 250 g/mol. The molecule has 4 nitrogen and oxygen atoms in total. The molecule has 0 spiro atoms. The minimum atomic E-state index is -0.0747. The zero-order valence-corrected chi connectivity index (χ0v) is 12.1. The predicted octanol–water partition coefficient (Wildman–Crippen LogP) is 2.15. The number of hydrogen-bond acceptors (Lipinski definition) is 3. The minimum Gasteiger partial charge on any atom is -0.334 e. The maximum absolute atomic E-state index is 12.3. The van der Waals surface area contributed by atoms with Crippen LogP contribution in [0.3, 0.4) is 0 Å². The van der Waals surface area contributed by atoms with Crippen molar-refractivity contribution in [3.63, 3.8) is 0 Å². The van der Waals surface area contributed by atoms with Crippen LogP contribution in [0.1, 0.15) is 24.3 Å². The standard InChI is InChI=1S/C13H20ClN3O/c1-5-17(10(2)9-16(3)4)13(18)11-7-6-8-12(14)15-11/h6-8,10H,5,9H2,1-4H3. The van der Waals surface area contributed by atoms with Gasteiger partial charge in [0, 0.05) is 19.1 Å². The fourth-order valence-electron chi connectivity index (χ4n) is 1.96. The quantitative estimate of drug-likeness (QED) is 0.769. The maximum atomic E-state index is 12.3. The summed E-state index contributed by atoms with van der Waals surface area (Å²) in [6, 6.07) is 5.24. The number of rotatable bonds is 5. The van der Waals surface area contributed by atoms with Gasteiger partial charge in [0.2, 0.25) is 0 Å². The van der Waals surface area contributed by atoms with Gasteiger partial charge in [-0.05, 0) is 40.1 Å². The third kappa shape index (κ3) is 3.96. The number of carbonyl (C=O) groups is 1. The van der Waals surface area contributed by atoms with Gasteiger partial charge in [-0.3, -0.25) is 4.79 Å². The van der Waals surface area contributed by atoms with Crippen LogP contribution in [0.4, 0.5) is 0 Å². The van der Waals surface area contributed by atoms with Gasteiger partial charge in [-0.25, -0.2) is 4.98 Å². The van der Waals surface area contributed by atoms with Crippen LogP contribution < -0.4 is 0 Å². The van der Waals surface area contributed by atoms with Crippen molar-refractivity contribution in [2.45, 2.75) is 19.9 Å². The van der Waals surface area contributed by atoms with E-state index in [0.29, 0.717) is 17.4 Å². The lowest BCUT2D eigenvalue weighted by atomic mass is 10.2. The first kappa shape index (κ1) is 14.9. The molecule has 0 aliphatic rings. The van der Waals surface area contributed by atoms with Crippen LogP contribution in [-0.2, 0) is 0 Å². The van der Waals surface area contributed by atoms with E-state index in [-0.39, 0.29) is 11.9 Å². The van der Waals surface area contributed by atoms with Crippen LogP contribution in [-0.4, -0.2) is 53.9 Å². The zero-order chi connectivity index (χ0) is 13.7. The molecule has 1 atom stereocenters. The average Bonchev–Trinajstić information content (AvgIpc) is 2.28. The number of halogens is 1. The van der Waals surface area contributed by atoms with Crippen molar-refractivity contribution in [1.29, 1.82) is 0 Å². The predicted molar refractivity (Wildman–Crippen MR) is 74.0 cm³/mol. The minimum absolute atomic E-state index is 0.0747. The molecule has 1 aromatic heterocycles. The molecule has 0 N–H and O–H groups in total. The summed E-state index contributed by atoms with van der Waals surface area (Å²) >= 11 is 5.81. The number of likely N-dealkylation sites (N-methyl/N-ethyl adjacent to an activating group) is 2. The zero-order valence-electron chi connectivity index (χ0n) is 11.4. The summed E-state index contributed by atoms with van der Waals surface area (Å²) < 4.78 is 0. The van der Waals surface area contributed by atoms with Gasteiger partial charge in [-0.1, -0.05) is 17.7 Å². The highest BCUT2D eigenvalue weighted by atomic mass is 35.5. The van der Waals surface area contributed by atoms with Gasteiger partial charge in [-0.15, -0.1) is 0 Å². The summed E-state index contributed by atoms with van der Waals surface area (Å²) in [5.41, 5.74) is 0.398. The molecule has 18 heavy (non-hydrogen) atoms. The fourth-order valence-corrected chi connectivity index (χ4v) is 2.12. The molecule has 1 unspecified atom stereocenters. The van der Waals surface area contributed by atoms with Gasteiger partial charge in [0.15, 0.2) is 0 Å². The summed E-state index contributed by atoms with van der Waals surface area (Å²) in [6.07, 6.45) is 0. The van der Waals surface area contributed by atoms with Crippen molar-refractivity contribution in [2.24, 2.45) is 0 Å². The number of pyridine rings is 1. The highest BCUT2D eigenvalue weighted by Gasteiger charge is 2.21. The van der Waals surface area contributed by atoms with Crippen molar-refractivity contribution < 1.29 is 4.79 Å². The molecule has 100 valence electrons. The molecular formula is C13H20ClN3O. The molecule has 0 fully saturated rings. The van der Waals surface area contributed by atoms with Gasteiger partial charge in [0.1, 0.15) is 10.8 Å². The van der Waals surface area contributed by atoms with Crippen LogP contribution in [0.25, 0.3) is 0 Å². The molecule has 5 heteroatoms. The Balaban J connectivity index is 2.85. The molecule has 1 amide bonds. The molecule has 0 aliphatic carbocycles. The van der Waals surface area contributed by atoms with Gasteiger partial charge in [0.25, 0.3) is 5.91 Å². The Morgan fingerprint density at radius 1 is 1.44 bits per heavy atom. The van der Waals surface area contributed by atoms with E-state index in [1.54, 1.807) is 23.1 Å². The molecule has 1 aromatic rings. The van der Waals surface area contributed by atoms with E-state index < -0.39 is 0 Å². The van der Waals surface area contributed by atoms with Crippen LogP contribution in [0.15, 0.2) is 18.2 Å². The van der Waals surface area contributed by atoms with E-state index in [2.05, 4.69) is 9.88 Å². The van der Waals surface area contributed by atoms with Crippen LogP contribution in [0.2, 0.25) is 5.15 Å². The number of nitrogens with zero attached hydrogens (tertiary/aromatic N) is 3. The highest BCUT2D eigenvalue weighted by molar-refractivity contribution is 6.29. The Hall–Kier alpha value is -1.13. The number of aromatic nitrogens is 1. The monoisotopic (exact) mass is 269 g/mol. The van der Waals surface area contributed by atoms with Crippen LogP contribution in [0.5, 0.6) is 0 Å². The van der Waals surface area contributed by atoms with Crippen molar-refractivity contribution >= 4 is 17.5 Å². The first-order valence-electron chi connectivity index (χ1n) is 6.04. The number of hydrogen-bond donors (Lipinski definition) is 0. The summed E-state index contributed by atoms with van der Waals surface area (Å²) in [4.78, 5) is 20.3. The van der Waals surface area contributed by atoms with Crippen LogP contribution in [0, 0.1) is 0 Å². The van der Waals surface area contributed by atoms with E-state index in [1.165, 1.54) is 0 Å². The second kappa shape index (κ2) is 6.71. The summed E-state index contributed by atoms with van der Waals surface area (Å²) in [5, 5.41) is 0.345. The van der Waals surface area contributed by atoms with Gasteiger partial charge in [-0.2, -0.15) is 0 Å². The number of carbonyl (C=O) groups excluding carboxylic acids is 1. The topological polar surface area (TPSA) is 36.4 Å². The molecule has 0 saturated heterocycles. The third-order valence-electron chi connectivity index (χ3n) is 2.70. The molecule has 1 rings (SSSR count). The Bertz CT molecular complexity index is 409. The van der Waals surface area contributed by atoms with E-state index in [1.807, 2.05) is 27.9 Å². The lowest BCUT2D eigenvalue weighted by Crippen LogP contribution is -2.44. The van der Waals surface area contributed by atoms with E-state index in [9.17, 15) is 4.79 Å². The highest BCUT2D eigenvalue weighted by Crippen LogP contribution is 2.10. The summed E-state index contributed by atoms with van der Waals surface area (Å²) in [6.45, 7) is 5.47. The third-order valence-corrected chi connectivity index (χ3v) is 2.91. The molecule has 1 heterocycles. The Morgan fingerprint density at radius 2 is 2.11 bits per heavy atom. The van der Waals surface area contributed by atoms with Gasteiger partial charge >= 0.3 is 0 Å². The molecule has 0 saturated carbocycles.